The molecular weight excluding hydrogens is 318 g/mol. The van der Waals surface area contributed by atoms with Crippen LogP contribution in [0, 0.1) is 6.92 Å². The number of aromatic nitrogens is 4. The van der Waals surface area contributed by atoms with E-state index in [-0.39, 0.29) is 11.4 Å². The van der Waals surface area contributed by atoms with E-state index in [0.29, 0.717) is 24.5 Å². The highest BCUT2D eigenvalue weighted by molar-refractivity contribution is 5.92. The maximum atomic E-state index is 12.7. The summed E-state index contributed by atoms with van der Waals surface area (Å²) in [5, 5.41) is 8.65. The predicted octanol–water partition coefficient (Wildman–Crippen LogP) is 2.88. The summed E-state index contributed by atoms with van der Waals surface area (Å²) in [5.74, 6) is 1.51. The molecule has 0 saturated heterocycles. The van der Waals surface area contributed by atoms with E-state index in [2.05, 4.69) is 30.5 Å². The first-order valence-electron chi connectivity index (χ1n) is 8.32. The Morgan fingerprint density at radius 1 is 1.20 bits per heavy atom. The molecule has 4 heterocycles. The van der Waals surface area contributed by atoms with Gasteiger partial charge in [0, 0.05) is 24.0 Å². The molecule has 1 aliphatic rings. The molecule has 0 fully saturated rings. The number of nitrogens with zero attached hydrogens (tertiary/aromatic N) is 5. The molecule has 7 heteroatoms. The molecule has 0 radical (unpaired) electrons. The van der Waals surface area contributed by atoms with Crippen molar-refractivity contribution in [3.8, 4) is 5.82 Å². The minimum absolute atomic E-state index is 0.129. The third kappa shape index (κ3) is 2.56. The molecule has 0 bridgehead atoms. The topological polar surface area (TPSA) is 69.1 Å². The molecule has 25 heavy (non-hydrogen) atoms. The van der Waals surface area contributed by atoms with Crippen molar-refractivity contribution < 1.29 is 9.32 Å². The molecule has 7 nitrogen and oxygen atoms in total. The van der Waals surface area contributed by atoms with Crippen LogP contribution < -0.4 is 0 Å². The second-order valence-electron chi connectivity index (χ2n) is 7.41. The van der Waals surface area contributed by atoms with Crippen LogP contribution in [0.2, 0.25) is 0 Å². The van der Waals surface area contributed by atoms with Gasteiger partial charge in [-0.1, -0.05) is 5.16 Å². The SMILES string of the molecule is Cc1cc(C(=O)N2Cc3nn(C(C)(C)C)c(-n4cccc4)c3C2)no1. The normalized spacial score (nSPS) is 14.2. The smallest absolute Gasteiger partial charge is 0.276 e. The zero-order chi connectivity index (χ0) is 17.8. The van der Waals surface area contributed by atoms with Crippen molar-refractivity contribution in [2.24, 2.45) is 0 Å². The Hall–Kier alpha value is -2.83. The van der Waals surface area contributed by atoms with Crippen molar-refractivity contribution in [1.82, 2.24) is 24.4 Å². The number of rotatable bonds is 2. The first kappa shape index (κ1) is 15.7. The first-order chi connectivity index (χ1) is 11.8. The predicted molar refractivity (Wildman–Crippen MR) is 91.4 cm³/mol. The van der Waals surface area contributed by atoms with Gasteiger partial charge >= 0.3 is 0 Å². The highest BCUT2D eigenvalue weighted by Gasteiger charge is 2.34. The summed E-state index contributed by atoms with van der Waals surface area (Å²) in [7, 11) is 0. The average Bonchev–Trinajstić information content (AvgIpc) is 3.28. The number of fused-ring (bicyclic) bond motifs is 1. The van der Waals surface area contributed by atoms with Gasteiger partial charge in [0.15, 0.2) is 5.69 Å². The molecule has 0 aliphatic carbocycles. The number of hydrogen-bond acceptors (Lipinski definition) is 4. The molecule has 1 amide bonds. The van der Waals surface area contributed by atoms with Crippen molar-refractivity contribution in [2.45, 2.75) is 46.3 Å². The van der Waals surface area contributed by atoms with E-state index < -0.39 is 0 Å². The highest BCUT2D eigenvalue weighted by atomic mass is 16.5. The molecule has 3 aromatic heterocycles. The summed E-state index contributed by atoms with van der Waals surface area (Å²) in [4.78, 5) is 14.4. The Morgan fingerprint density at radius 3 is 2.52 bits per heavy atom. The number of hydrogen-bond donors (Lipinski definition) is 0. The zero-order valence-corrected chi connectivity index (χ0v) is 14.9. The van der Waals surface area contributed by atoms with Crippen LogP contribution in [-0.4, -0.2) is 30.3 Å². The van der Waals surface area contributed by atoms with Crippen molar-refractivity contribution in [2.75, 3.05) is 0 Å². The second kappa shape index (κ2) is 5.34. The molecule has 3 aromatic rings. The molecule has 0 unspecified atom stereocenters. The van der Waals surface area contributed by atoms with Crippen molar-refractivity contribution in [3.63, 3.8) is 0 Å². The van der Waals surface area contributed by atoms with Crippen LogP contribution in [0.15, 0.2) is 35.1 Å². The molecule has 0 N–H and O–H groups in total. The molecule has 0 aromatic carbocycles. The minimum atomic E-state index is -0.151. The fourth-order valence-corrected chi connectivity index (χ4v) is 3.18. The quantitative estimate of drug-likeness (QED) is 0.720. The van der Waals surface area contributed by atoms with Gasteiger partial charge in [-0.05, 0) is 39.8 Å². The van der Waals surface area contributed by atoms with Gasteiger partial charge in [-0.2, -0.15) is 5.10 Å². The van der Waals surface area contributed by atoms with E-state index in [9.17, 15) is 4.79 Å². The van der Waals surface area contributed by atoms with E-state index in [0.717, 1.165) is 17.1 Å². The lowest BCUT2D eigenvalue weighted by molar-refractivity contribution is 0.0738. The molecule has 4 rings (SSSR count). The number of carbonyl (C=O) groups excluding carboxylic acids is 1. The van der Waals surface area contributed by atoms with Gasteiger partial charge < -0.3 is 14.0 Å². The van der Waals surface area contributed by atoms with E-state index >= 15 is 0 Å². The fourth-order valence-electron chi connectivity index (χ4n) is 3.18. The van der Waals surface area contributed by atoms with E-state index in [4.69, 9.17) is 9.62 Å². The van der Waals surface area contributed by atoms with E-state index in [1.54, 1.807) is 17.9 Å². The molecular formula is C18H21N5O2. The lowest BCUT2D eigenvalue weighted by Crippen LogP contribution is -2.29. The average molecular weight is 339 g/mol. The standard InChI is InChI=1S/C18H21N5O2/c1-12-9-14(20-25-12)17(24)22-10-13-15(11-22)19-23(18(2,3)4)16(13)21-7-5-6-8-21/h5-9H,10-11H2,1-4H3. The summed E-state index contributed by atoms with van der Waals surface area (Å²) < 4.78 is 9.13. The van der Waals surface area contributed by atoms with Gasteiger partial charge in [0.2, 0.25) is 0 Å². The third-order valence-electron chi connectivity index (χ3n) is 4.35. The van der Waals surface area contributed by atoms with Gasteiger partial charge in [-0.25, -0.2) is 4.68 Å². The molecule has 0 atom stereocenters. The summed E-state index contributed by atoms with van der Waals surface area (Å²) in [6.45, 7) is 9.16. The van der Waals surface area contributed by atoms with Crippen molar-refractivity contribution in [1.29, 1.82) is 0 Å². The molecule has 1 aliphatic heterocycles. The van der Waals surface area contributed by atoms with Crippen LogP contribution in [0.1, 0.15) is 48.3 Å². The highest BCUT2D eigenvalue weighted by Crippen LogP contribution is 2.32. The minimum Gasteiger partial charge on any atom is -0.361 e. The van der Waals surface area contributed by atoms with Gasteiger partial charge in [0.05, 0.1) is 24.3 Å². The van der Waals surface area contributed by atoms with Gasteiger partial charge in [0.25, 0.3) is 5.91 Å². The van der Waals surface area contributed by atoms with Crippen LogP contribution in [0.25, 0.3) is 5.82 Å². The zero-order valence-electron chi connectivity index (χ0n) is 14.9. The van der Waals surface area contributed by atoms with E-state index in [1.165, 1.54) is 0 Å². The number of amides is 1. The van der Waals surface area contributed by atoms with Gasteiger partial charge in [0.1, 0.15) is 11.6 Å². The fraction of sp³-hybridized carbons (Fsp3) is 0.389. The largest absolute Gasteiger partial charge is 0.361 e. The van der Waals surface area contributed by atoms with Crippen molar-refractivity contribution in [3.05, 3.63) is 53.3 Å². The molecule has 0 saturated carbocycles. The monoisotopic (exact) mass is 339 g/mol. The van der Waals surface area contributed by atoms with Crippen molar-refractivity contribution >= 4 is 5.91 Å². The Morgan fingerprint density at radius 2 is 1.92 bits per heavy atom. The third-order valence-corrected chi connectivity index (χ3v) is 4.35. The van der Waals surface area contributed by atoms with Crippen LogP contribution in [0.3, 0.4) is 0 Å². The van der Waals surface area contributed by atoms with Crippen LogP contribution in [0.4, 0.5) is 0 Å². The van der Waals surface area contributed by atoms with Gasteiger partial charge in [-0.15, -0.1) is 0 Å². The molecule has 130 valence electrons. The first-order valence-corrected chi connectivity index (χ1v) is 8.32. The maximum Gasteiger partial charge on any atom is 0.276 e. The van der Waals surface area contributed by atoms with Gasteiger partial charge in [-0.3, -0.25) is 4.79 Å². The maximum absolute atomic E-state index is 12.7. The van der Waals surface area contributed by atoms with Crippen LogP contribution >= 0.6 is 0 Å². The number of carbonyl (C=O) groups is 1. The Labute approximate surface area is 145 Å². The van der Waals surface area contributed by atoms with Crippen LogP contribution in [-0.2, 0) is 18.6 Å². The lowest BCUT2D eigenvalue weighted by Gasteiger charge is -2.24. The Balaban J connectivity index is 1.72. The Bertz CT molecular complexity index is 927. The van der Waals surface area contributed by atoms with E-state index in [1.807, 2.05) is 29.2 Å². The summed E-state index contributed by atoms with van der Waals surface area (Å²) >= 11 is 0. The van der Waals surface area contributed by atoms with Crippen LogP contribution in [0.5, 0.6) is 0 Å². The summed E-state index contributed by atoms with van der Waals surface area (Å²) in [5.41, 5.74) is 2.21. The number of aryl methyl sites for hydroxylation is 1. The lowest BCUT2D eigenvalue weighted by atomic mass is 10.1. The Kier molecular flexibility index (Phi) is 3.35. The summed E-state index contributed by atoms with van der Waals surface area (Å²) in [6, 6.07) is 5.64. The second-order valence-corrected chi connectivity index (χ2v) is 7.41. The summed E-state index contributed by atoms with van der Waals surface area (Å²) in [6.07, 6.45) is 4.01. The molecule has 0 spiro atoms.